The first kappa shape index (κ1) is 15.6. The Balaban J connectivity index is 2.26. The minimum absolute atomic E-state index is 0.130. The van der Waals surface area contributed by atoms with E-state index in [-0.39, 0.29) is 24.8 Å². The minimum Gasteiger partial charge on any atom is -0.484 e. The summed E-state index contributed by atoms with van der Waals surface area (Å²) < 4.78 is 5.24. The molecule has 0 radical (unpaired) electrons. The third kappa shape index (κ3) is 6.31. The molecule has 0 fully saturated rings. The number of hydrogen-bond acceptors (Lipinski definition) is 3. The smallest absolute Gasteiger partial charge is 0.257 e. The summed E-state index contributed by atoms with van der Waals surface area (Å²) >= 11 is 11.6. The number of primary amides is 1. The standard InChI is InChI=1S/C12H14Cl2N2O3/c13-9-4-3-8(6-10(9)14)19-7-12(18)16-5-1-2-11(15)17/h3-4,6H,1-2,5,7H2,(H2,15,17)(H,16,18). The van der Waals surface area contributed by atoms with Crippen LogP contribution >= 0.6 is 23.2 Å². The van der Waals surface area contributed by atoms with Crippen LogP contribution in [0, 0.1) is 0 Å². The molecular weight excluding hydrogens is 291 g/mol. The lowest BCUT2D eigenvalue weighted by molar-refractivity contribution is -0.123. The zero-order chi connectivity index (χ0) is 14.3. The Bertz CT molecular complexity index is 466. The van der Waals surface area contributed by atoms with E-state index in [0.29, 0.717) is 28.8 Å². The van der Waals surface area contributed by atoms with Gasteiger partial charge in [0, 0.05) is 19.0 Å². The molecule has 0 aliphatic carbocycles. The second kappa shape index (κ2) is 7.86. The maximum atomic E-state index is 11.4. The first-order valence-corrected chi connectivity index (χ1v) is 6.37. The summed E-state index contributed by atoms with van der Waals surface area (Å²) in [4.78, 5) is 21.9. The molecule has 3 N–H and O–H groups in total. The Morgan fingerprint density at radius 1 is 1.26 bits per heavy atom. The molecule has 0 bridgehead atoms. The first-order chi connectivity index (χ1) is 8.99. The molecule has 5 nitrogen and oxygen atoms in total. The van der Waals surface area contributed by atoms with Gasteiger partial charge in [-0.3, -0.25) is 9.59 Å². The Morgan fingerprint density at radius 3 is 2.63 bits per heavy atom. The molecule has 7 heteroatoms. The number of nitrogens with two attached hydrogens (primary N) is 1. The lowest BCUT2D eigenvalue weighted by Gasteiger charge is -2.07. The van der Waals surface area contributed by atoms with Crippen molar-refractivity contribution < 1.29 is 14.3 Å². The highest BCUT2D eigenvalue weighted by Gasteiger charge is 2.04. The highest BCUT2D eigenvalue weighted by atomic mass is 35.5. The fourth-order valence-electron chi connectivity index (χ4n) is 1.26. The molecule has 0 saturated carbocycles. The number of carbonyl (C=O) groups is 2. The van der Waals surface area contributed by atoms with E-state index in [2.05, 4.69) is 5.32 Å². The summed E-state index contributed by atoms with van der Waals surface area (Å²) in [6.07, 6.45) is 0.752. The third-order valence-corrected chi connectivity index (χ3v) is 2.92. The maximum Gasteiger partial charge on any atom is 0.257 e. The van der Waals surface area contributed by atoms with Crippen molar-refractivity contribution in [3.63, 3.8) is 0 Å². The van der Waals surface area contributed by atoms with Crippen molar-refractivity contribution in [1.29, 1.82) is 0 Å². The lowest BCUT2D eigenvalue weighted by Crippen LogP contribution is -2.30. The summed E-state index contributed by atoms with van der Waals surface area (Å²) in [5, 5.41) is 3.39. The van der Waals surface area contributed by atoms with Crippen molar-refractivity contribution >= 4 is 35.0 Å². The van der Waals surface area contributed by atoms with Gasteiger partial charge in [0.2, 0.25) is 5.91 Å². The molecule has 0 atom stereocenters. The molecule has 2 amide bonds. The van der Waals surface area contributed by atoms with E-state index in [0.717, 1.165) is 0 Å². The van der Waals surface area contributed by atoms with Gasteiger partial charge < -0.3 is 15.8 Å². The Morgan fingerprint density at radius 2 is 2.00 bits per heavy atom. The molecule has 0 saturated heterocycles. The molecule has 0 aliphatic heterocycles. The van der Waals surface area contributed by atoms with Crippen LogP contribution in [-0.4, -0.2) is 25.0 Å². The first-order valence-electron chi connectivity index (χ1n) is 5.62. The largest absolute Gasteiger partial charge is 0.484 e. The molecule has 0 aliphatic rings. The van der Waals surface area contributed by atoms with Gasteiger partial charge >= 0.3 is 0 Å². The SMILES string of the molecule is NC(=O)CCCNC(=O)COc1ccc(Cl)c(Cl)c1. The number of rotatable bonds is 7. The molecular formula is C12H14Cl2N2O3. The number of hydrogen-bond donors (Lipinski definition) is 2. The normalized spacial score (nSPS) is 10.0. The second-order valence-electron chi connectivity index (χ2n) is 3.78. The molecule has 0 aromatic heterocycles. The second-order valence-corrected chi connectivity index (χ2v) is 4.60. The molecule has 104 valence electrons. The van der Waals surface area contributed by atoms with Crippen molar-refractivity contribution in [2.45, 2.75) is 12.8 Å². The number of nitrogens with one attached hydrogen (secondary N) is 1. The predicted octanol–water partition coefficient (Wildman–Crippen LogP) is 1.75. The number of halogens is 2. The quantitative estimate of drug-likeness (QED) is 0.753. The molecule has 1 aromatic carbocycles. The van der Waals surface area contributed by atoms with Gasteiger partial charge in [0.05, 0.1) is 10.0 Å². The van der Waals surface area contributed by atoms with Crippen molar-refractivity contribution in [2.75, 3.05) is 13.2 Å². The Labute approximate surface area is 121 Å². The van der Waals surface area contributed by atoms with E-state index in [1.807, 2.05) is 0 Å². The number of benzene rings is 1. The summed E-state index contributed by atoms with van der Waals surface area (Å²) in [5.41, 5.74) is 4.97. The highest BCUT2D eigenvalue weighted by molar-refractivity contribution is 6.42. The highest BCUT2D eigenvalue weighted by Crippen LogP contribution is 2.26. The van der Waals surface area contributed by atoms with Crippen LogP contribution in [0.1, 0.15) is 12.8 Å². The number of carbonyl (C=O) groups excluding carboxylic acids is 2. The number of amides is 2. The third-order valence-electron chi connectivity index (χ3n) is 2.18. The van der Waals surface area contributed by atoms with Gasteiger partial charge in [-0.25, -0.2) is 0 Å². The van der Waals surface area contributed by atoms with Crippen molar-refractivity contribution in [3.05, 3.63) is 28.2 Å². The van der Waals surface area contributed by atoms with Gasteiger partial charge in [-0.1, -0.05) is 23.2 Å². The van der Waals surface area contributed by atoms with Crippen LogP contribution < -0.4 is 15.8 Å². The summed E-state index contributed by atoms with van der Waals surface area (Å²) in [5.74, 6) is -0.210. The van der Waals surface area contributed by atoms with Gasteiger partial charge in [-0.05, 0) is 18.6 Å². The molecule has 1 aromatic rings. The summed E-state index contributed by atoms with van der Waals surface area (Å²) in [6, 6.07) is 4.74. The molecule has 0 spiro atoms. The fraction of sp³-hybridized carbons (Fsp3) is 0.333. The van der Waals surface area contributed by atoms with Crippen LogP contribution in [0.15, 0.2) is 18.2 Å². The Hall–Kier alpha value is -1.46. The van der Waals surface area contributed by atoms with E-state index in [4.69, 9.17) is 33.7 Å². The van der Waals surface area contributed by atoms with E-state index < -0.39 is 0 Å². The summed E-state index contributed by atoms with van der Waals surface area (Å²) in [7, 11) is 0. The van der Waals surface area contributed by atoms with Crippen LogP contribution in [-0.2, 0) is 9.59 Å². The lowest BCUT2D eigenvalue weighted by atomic mass is 10.3. The summed E-state index contributed by atoms with van der Waals surface area (Å²) in [6.45, 7) is 0.251. The minimum atomic E-state index is -0.388. The van der Waals surface area contributed by atoms with Crippen molar-refractivity contribution in [1.82, 2.24) is 5.32 Å². The van der Waals surface area contributed by atoms with Crippen LogP contribution in [0.5, 0.6) is 5.75 Å². The molecule has 1 rings (SSSR count). The maximum absolute atomic E-state index is 11.4. The molecule has 19 heavy (non-hydrogen) atoms. The average Bonchev–Trinajstić information content (AvgIpc) is 2.36. The van der Waals surface area contributed by atoms with E-state index >= 15 is 0 Å². The van der Waals surface area contributed by atoms with Crippen molar-refractivity contribution in [2.24, 2.45) is 5.73 Å². The van der Waals surface area contributed by atoms with Gasteiger partial charge in [0.1, 0.15) is 5.75 Å². The van der Waals surface area contributed by atoms with Gasteiger partial charge in [-0.2, -0.15) is 0 Å². The van der Waals surface area contributed by atoms with E-state index in [1.54, 1.807) is 12.1 Å². The molecule has 0 unspecified atom stereocenters. The van der Waals surface area contributed by atoms with Crippen LogP contribution in [0.25, 0.3) is 0 Å². The zero-order valence-corrected chi connectivity index (χ0v) is 11.6. The van der Waals surface area contributed by atoms with E-state index in [1.165, 1.54) is 6.07 Å². The fourth-order valence-corrected chi connectivity index (χ4v) is 1.55. The van der Waals surface area contributed by atoms with Gasteiger partial charge in [-0.15, -0.1) is 0 Å². The Kier molecular flexibility index (Phi) is 6.45. The predicted molar refractivity (Wildman–Crippen MR) is 73.4 cm³/mol. The topological polar surface area (TPSA) is 81.4 Å². The van der Waals surface area contributed by atoms with Crippen molar-refractivity contribution in [3.8, 4) is 5.75 Å². The molecule has 0 heterocycles. The van der Waals surface area contributed by atoms with Crippen LogP contribution in [0.4, 0.5) is 0 Å². The van der Waals surface area contributed by atoms with Gasteiger partial charge in [0.15, 0.2) is 6.61 Å². The average molecular weight is 305 g/mol. The van der Waals surface area contributed by atoms with Crippen LogP contribution in [0.2, 0.25) is 10.0 Å². The van der Waals surface area contributed by atoms with Gasteiger partial charge in [0.25, 0.3) is 5.91 Å². The van der Waals surface area contributed by atoms with E-state index in [9.17, 15) is 9.59 Å². The monoisotopic (exact) mass is 304 g/mol. The zero-order valence-electron chi connectivity index (χ0n) is 10.1. The number of ether oxygens (including phenoxy) is 1. The van der Waals surface area contributed by atoms with Crippen LogP contribution in [0.3, 0.4) is 0 Å².